The van der Waals surface area contributed by atoms with Gasteiger partial charge in [0.05, 0.1) is 5.56 Å². The number of hydrogen-bond acceptors (Lipinski definition) is 4. The number of pyridine rings is 1. The van der Waals surface area contributed by atoms with E-state index in [0.717, 1.165) is 22.1 Å². The third-order valence-corrected chi connectivity index (χ3v) is 5.03. The molecule has 3 rings (SSSR count). The first-order chi connectivity index (χ1) is 15.0. The van der Waals surface area contributed by atoms with Crippen molar-refractivity contribution in [1.82, 2.24) is 9.88 Å². The number of nitrogens with zero attached hydrogens (tertiary/aromatic N) is 2. The van der Waals surface area contributed by atoms with Gasteiger partial charge in [-0.3, -0.25) is 9.59 Å². The summed E-state index contributed by atoms with van der Waals surface area (Å²) in [5, 5.41) is 2.87. The minimum atomic E-state index is -0.247. The van der Waals surface area contributed by atoms with E-state index in [4.69, 9.17) is 4.74 Å². The van der Waals surface area contributed by atoms with Crippen molar-refractivity contribution in [1.29, 1.82) is 0 Å². The second-order valence-corrected chi connectivity index (χ2v) is 7.95. The zero-order valence-corrected chi connectivity index (χ0v) is 19.1. The Bertz CT molecular complexity index is 1050. The Morgan fingerprint density at radius 3 is 2.58 bits per heavy atom. The van der Waals surface area contributed by atoms with E-state index in [-0.39, 0.29) is 18.4 Å². The summed E-state index contributed by atoms with van der Waals surface area (Å²) in [7, 11) is 0. The van der Waals surface area contributed by atoms with Crippen molar-refractivity contribution in [2.45, 2.75) is 20.3 Å². The molecule has 0 aliphatic heterocycles. The Morgan fingerprint density at radius 2 is 1.90 bits per heavy atom. The smallest absolute Gasteiger partial charge is 0.255 e. The van der Waals surface area contributed by atoms with Crippen molar-refractivity contribution in [3.05, 3.63) is 82.5 Å². The van der Waals surface area contributed by atoms with Gasteiger partial charge in [0.1, 0.15) is 12.3 Å². The predicted octanol–water partition coefficient (Wildman–Crippen LogP) is 5.44. The highest BCUT2D eigenvalue weighted by atomic mass is 79.9. The summed E-state index contributed by atoms with van der Waals surface area (Å²) in [5.41, 5.74) is 2.11. The quantitative estimate of drug-likeness (QED) is 0.465. The van der Waals surface area contributed by atoms with Crippen LogP contribution in [-0.2, 0) is 4.79 Å². The van der Waals surface area contributed by atoms with Crippen LogP contribution in [0.5, 0.6) is 11.6 Å². The second-order valence-electron chi connectivity index (χ2n) is 7.03. The van der Waals surface area contributed by atoms with Gasteiger partial charge in [0.2, 0.25) is 11.8 Å². The normalized spacial score (nSPS) is 10.4. The average molecular weight is 482 g/mol. The van der Waals surface area contributed by atoms with Crippen LogP contribution in [0, 0.1) is 6.92 Å². The van der Waals surface area contributed by atoms with Crippen LogP contribution in [-0.4, -0.2) is 34.8 Å². The number of aryl methyl sites for hydroxylation is 1. The van der Waals surface area contributed by atoms with E-state index in [1.165, 1.54) is 11.1 Å². The Hall–Kier alpha value is -3.19. The van der Waals surface area contributed by atoms with Gasteiger partial charge in [-0.2, -0.15) is 0 Å². The highest BCUT2D eigenvalue weighted by Crippen LogP contribution is 2.23. The standard InChI is InChI=1S/C24H24BrN3O3/c1-3-13-28(16-22(29)27-21-10-5-4-7-17(21)2)24(30)18-11-12-23(26-15-18)31-20-9-6-8-19(25)14-20/h4-12,14-15H,3,13,16H2,1-2H3,(H,27,29). The van der Waals surface area contributed by atoms with Crippen LogP contribution in [0.1, 0.15) is 29.3 Å². The molecule has 7 heteroatoms. The van der Waals surface area contributed by atoms with Gasteiger partial charge in [-0.25, -0.2) is 4.98 Å². The summed E-state index contributed by atoms with van der Waals surface area (Å²) in [4.78, 5) is 31.3. The highest BCUT2D eigenvalue weighted by Gasteiger charge is 2.19. The summed E-state index contributed by atoms with van der Waals surface area (Å²) < 4.78 is 6.61. The van der Waals surface area contributed by atoms with Crippen LogP contribution >= 0.6 is 15.9 Å². The third-order valence-electron chi connectivity index (χ3n) is 4.54. The lowest BCUT2D eigenvalue weighted by atomic mass is 10.2. The van der Waals surface area contributed by atoms with Crippen LogP contribution in [0.4, 0.5) is 5.69 Å². The third kappa shape index (κ3) is 6.39. The predicted molar refractivity (Wildman–Crippen MR) is 124 cm³/mol. The van der Waals surface area contributed by atoms with Crippen molar-refractivity contribution in [3.63, 3.8) is 0 Å². The molecule has 3 aromatic rings. The van der Waals surface area contributed by atoms with Crippen LogP contribution < -0.4 is 10.1 Å². The van der Waals surface area contributed by atoms with Gasteiger partial charge in [0.25, 0.3) is 5.91 Å². The molecule has 2 amide bonds. The summed E-state index contributed by atoms with van der Waals surface area (Å²) in [6, 6.07) is 18.3. The zero-order chi connectivity index (χ0) is 22.2. The fourth-order valence-electron chi connectivity index (χ4n) is 3.00. The number of rotatable bonds is 8. The van der Waals surface area contributed by atoms with Gasteiger partial charge in [-0.1, -0.05) is 47.1 Å². The lowest BCUT2D eigenvalue weighted by Crippen LogP contribution is -2.38. The number of ether oxygens (including phenoxy) is 1. The molecule has 2 aromatic carbocycles. The molecular formula is C24H24BrN3O3. The fourth-order valence-corrected chi connectivity index (χ4v) is 3.38. The van der Waals surface area contributed by atoms with E-state index in [0.29, 0.717) is 23.7 Å². The number of carbonyl (C=O) groups excluding carboxylic acids is 2. The first-order valence-corrected chi connectivity index (χ1v) is 10.8. The molecule has 31 heavy (non-hydrogen) atoms. The molecule has 0 bridgehead atoms. The molecule has 1 aromatic heterocycles. The number of amides is 2. The van der Waals surface area contributed by atoms with Crippen molar-refractivity contribution in [2.24, 2.45) is 0 Å². The lowest BCUT2D eigenvalue weighted by molar-refractivity contribution is -0.116. The fraction of sp³-hybridized carbons (Fsp3) is 0.208. The van der Waals surface area contributed by atoms with Gasteiger partial charge >= 0.3 is 0 Å². The zero-order valence-electron chi connectivity index (χ0n) is 17.5. The van der Waals surface area contributed by atoms with Crippen molar-refractivity contribution >= 4 is 33.4 Å². The minimum Gasteiger partial charge on any atom is -0.439 e. The summed E-state index contributed by atoms with van der Waals surface area (Å²) >= 11 is 3.40. The first-order valence-electron chi connectivity index (χ1n) is 10.0. The van der Waals surface area contributed by atoms with Gasteiger partial charge < -0.3 is 15.0 Å². The summed E-state index contributed by atoms with van der Waals surface area (Å²) in [6.45, 7) is 4.33. The van der Waals surface area contributed by atoms with E-state index < -0.39 is 0 Å². The molecule has 6 nitrogen and oxygen atoms in total. The molecule has 0 spiro atoms. The van der Waals surface area contributed by atoms with Crippen LogP contribution in [0.3, 0.4) is 0 Å². The van der Waals surface area contributed by atoms with E-state index in [9.17, 15) is 9.59 Å². The minimum absolute atomic E-state index is 0.0305. The van der Waals surface area contributed by atoms with Crippen molar-refractivity contribution < 1.29 is 14.3 Å². The largest absolute Gasteiger partial charge is 0.439 e. The summed E-state index contributed by atoms with van der Waals surface area (Å²) in [6.07, 6.45) is 2.21. The topological polar surface area (TPSA) is 71.5 Å². The average Bonchev–Trinajstić information content (AvgIpc) is 2.75. The maximum absolute atomic E-state index is 13.0. The number of anilines is 1. The van der Waals surface area contributed by atoms with Gasteiger partial charge in [-0.05, 0) is 49.2 Å². The lowest BCUT2D eigenvalue weighted by Gasteiger charge is -2.22. The maximum Gasteiger partial charge on any atom is 0.255 e. The molecule has 0 saturated carbocycles. The Morgan fingerprint density at radius 1 is 1.10 bits per heavy atom. The van der Waals surface area contributed by atoms with Crippen molar-refractivity contribution in [3.8, 4) is 11.6 Å². The number of halogens is 1. The molecule has 0 atom stereocenters. The van der Waals surface area contributed by atoms with Crippen LogP contribution in [0.25, 0.3) is 0 Å². The number of para-hydroxylation sites is 1. The Kier molecular flexibility index (Phi) is 7.78. The summed E-state index contributed by atoms with van der Waals surface area (Å²) in [5.74, 6) is 0.539. The number of benzene rings is 2. The SMILES string of the molecule is CCCN(CC(=O)Nc1ccccc1C)C(=O)c1ccc(Oc2cccc(Br)c2)nc1. The van der Waals surface area contributed by atoms with Gasteiger partial charge in [0.15, 0.2) is 0 Å². The number of carbonyl (C=O) groups is 2. The molecule has 0 aliphatic rings. The molecule has 0 saturated heterocycles. The van der Waals surface area contributed by atoms with E-state index >= 15 is 0 Å². The second kappa shape index (κ2) is 10.7. The molecule has 0 unspecified atom stereocenters. The van der Waals surface area contributed by atoms with E-state index in [1.807, 2.05) is 62.4 Å². The Balaban J connectivity index is 1.66. The highest BCUT2D eigenvalue weighted by molar-refractivity contribution is 9.10. The molecule has 0 radical (unpaired) electrons. The molecule has 1 N–H and O–H groups in total. The van der Waals surface area contributed by atoms with Gasteiger partial charge in [0, 0.05) is 29.0 Å². The molecule has 0 aliphatic carbocycles. The molecule has 1 heterocycles. The van der Waals surface area contributed by atoms with Crippen LogP contribution in [0.15, 0.2) is 71.3 Å². The van der Waals surface area contributed by atoms with Crippen molar-refractivity contribution in [2.75, 3.05) is 18.4 Å². The molecular weight excluding hydrogens is 458 g/mol. The van der Waals surface area contributed by atoms with E-state index in [1.54, 1.807) is 12.1 Å². The number of hydrogen-bond donors (Lipinski definition) is 1. The Labute approximate surface area is 190 Å². The van der Waals surface area contributed by atoms with Crippen LogP contribution in [0.2, 0.25) is 0 Å². The monoisotopic (exact) mass is 481 g/mol. The molecule has 160 valence electrons. The van der Waals surface area contributed by atoms with E-state index in [2.05, 4.69) is 26.2 Å². The first kappa shape index (κ1) is 22.5. The molecule has 0 fully saturated rings. The van der Waals surface area contributed by atoms with Gasteiger partial charge in [-0.15, -0.1) is 0 Å². The number of nitrogens with one attached hydrogen (secondary N) is 1. The maximum atomic E-state index is 13.0. The number of aromatic nitrogens is 1.